The van der Waals surface area contributed by atoms with Gasteiger partial charge in [-0.3, -0.25) is 0 Å². The second-order valence-electron chi connectivity index (χ2n) is 3.95. The smallest absolute Gasteiger partial charge is 0.262 e. The molecule has 0 aliphatic rings. The molecule has 0 saturated heterocycles. The van der Waals surface area contributed by atoms with E-state index >= 15 is 0 Å². The quantitative estimate of drug-likeness (QED) is 0.688. The van der Waals surface area contributed by atoms with E-state index in [0.717, 1.165) is 9.77 Å². The number of phenols is 1. The van der Waals surface area contributed by atoms with Crippen molar-refractivity contribution < 1.29 is 14.0 Å². The number of halogens is 2. The summed E-state index contributed by atoms with van der Waals surface area (Å²) in [7, 11) is 0. The lowest BCUT2D eigenvalue weighted by atomic mass is 10.2. The van der Waals surface area contributed by atoms with Crippen LogP contribution in [0.1, 0.15) is 0 Å². The van der Waals surface area contributed by atoms with Gasteiger partial charge in [0, 0.05) is 3.57 Å². The summed E-state index contributed by atoms with van der Waals surface area (Å²) >= 11 is 2.12. The number of aromatic hydroxyl groups is 1. The van der Waals surface area contributed by atoms with E-state index in [1.165, 1.54) is 12.1 Å². The van der Waals surface area contributed by atoms with Crippen molar-refractivity contribution in [2.75, 3.05) is 0 Å². The maximum atomic E-state index is 12.8. The molecule has 7 heteroatoms. The van der Waals surface area contributed by atoms with Crippen LogP contribution in [0.4, 0.5) is 4.39 Å². The zero-order chi connectivity index (χ0) is 14.1. The van der Waals surface area contributed by atoms with Crippen LogP contribution in [0.15, 0.2) is 41.1 Å². The van der Waals surface area contributed by atoms with E-state index in [9.17, 15) is 9.50 Å². The normalized spacial score (nSPS) is 10.7. The third-order valence-corrected chi connectivity index (χ3v) is 3.24. The second-order valence-corrected chi connectivity index (χ2v) is 5.19. The Hall–Kier alpha value is -2.03. The van der Waals surface area contributed by atoms with Gasteiger partial charge in [-0.1, -0.05) is 5.16 Å². The molecule has 0 atom stereocenters. The zero-order valence-corrected chi connectivity index (χ0v) is 12.1. The summed E-state index contributed by atoms with van der Waals surface area (Å²) in [6.07, 6.45) is 1.08. The topological polar surface area (TPSA) is 72.0 Å². The molecule has 0 spiro atoms. The Labute approximate surface area is 126 Å². The van der Waals surface area contributed by atoms with E-state index in [0.29, 0.717) is 11.3 Å². The number of phenolic OH excluding ortho intramolecular Hbond substituents is 1. The molecule has 0 fully saturated rings. The van der Waals surface area contributed by atoms with Gasteiger partial charge in [0.1, 0.15) is 17.3 Å². The molecule has 20 heavy (non-hydrogen) atoms. The monoisotopic (exact) mass is 383 g/mol. The number of nitrogens with zero attached hydrogens (tertiary/aromatic N) is 3. The molecule has 0 radical (unpaired) electrons. The second kappa shape index (κ2) is 5.16. The van der Waals surface area contributed by atoms with Crippen LogP contribution in [0.2, 0.25) is 0 Å². The Kier molecular flexibility index (Phi) is 3.35. The van der Waals surface area contributed by atoms with E-state index in [1.54, 1.807) is 18.2 Å². The highest BCUT2D eigenvalue weighted by Crippen LogP contribution is 2.30. The van der Waals surface area contributed by atoms with Gasteiger partial charge in [0.05, 0.1) is 11.8 Å². The first-order valence-corrected chi connectivity index (χ1v) is 6.66. The molecule has 0 unspecified atom stereocenters. The predicted molar refractivity (Wildman–Crippen MR) is 77.3 cm³/mol. The van der Waals surface area contributed by atoms with Crippen LogP contribution in [0.3, 0.4) is 0 Å². The Morgan fingerprint density at radius 2 is 2.05 bits per heavy atom. The molecular formula is C13H7FIN3O2. The molecule has 1 N–H and O–H groups in total. The van der Waals surface area contributed by atoms with Gasteiger partial charge in [0.15, 0.2) is 0 Å². The maximum absolute atomic E-state index is 12.8. The molecule has 2 heterocycles. The highest BCUT2D eigenvalue weighted by atomic mass is 127. The average molecular weight is 383 g/mol. The lowest BCUT2D eigenvalue weighted by Crippen LogP contribution is -1.87. The molecule has 0 aliphatic carbocycles. The minimum Gasteiger partial charge on any atom is -0.507 e. The number of rotatable bonds is 2. The summed E-state index contributed by atoms with van der Waals surface area (Å²) in [5, 5.41) is 13.6. The molecule has 3 aromatic rings. The fraction of sp³-hybridized carbons (Fsp3) is 0. The molecule has 3 rings (SSSR count). The third kappa shape index (κ3) is 2.48. The first kappa shape index (κ1) is 13.0. The summed E-state index contributed by atoms with van der Waals surface area (Å²) in [5.41, 5.74) is 0.837. The minimum atomic E-state index is -0.437. The SMILES string of the molecule is Oc1ccc(I)cc1-c1nc(-c2ccc(F)cn2)no1. The molecule has 0 saturated carbocycles. The predicted octanol–water partition coefficient (Wildman–Crippen LogP) is 3.25. The van der Waals surface area contributed by atoms with Crippen molar-refractivity contribution in [3.63, 3.8) is 0 Å². The van der Waals surface area contributed by atoms with E-state index in [2.05, 4.69) is 37.7 Å². The van der Waals surface area contributed by atoms with Crippen LogP contribution < -0.4 is 0 Å². The average Bonchev–Trinajstić information content (AvgIpc) is 2.92. The lowest BCUT2D eigenvalue weighted by Gasteiger charge is -1.99. The van der Waals surface area contributed by atoms with Crippen molar-refractivity contribution in [3.05, 3.63) is 45.9 Å². The van der Waals surface area contributed by atoms with Gasteiger partial charge < -0.3 is 9.63 Å². The van der Waals surface area contributed by atoms with Crippen LogP contribution >= 0.6 is 22.6 Å². The van der Waals surface area contributed by atoms with E-state index in [-0.39, 0.29) is 17.5 Å². The molecule has 2 aromatic heterocycles. The fourth-order valence-electron chi connectivity index (χ4n) is 1.62. The summed E-state index contributed by atoms with van der Waals surface area (Å²) in [6, 6.07) is 7.76. The van der Waals surface area contributed by atoms with Crippen LogP contribution in [0, 0.1) is 9.39 Å². The van der Waals surface area contributed by atoms with Gasteiger partial charge in [0.2, 0.25) is 5.82 Å². The van der Waals surface area contributed by atoms with Gasteiger partial charge >= 0.3 is 0 Å². The summed E-state index contributed by atoms with van der Waals surface area (Å²) in [6.45, 7) is 0. The molecule has 0 amide bonds. The van der Waals surface area contributed by atoms with Crippen LogP contribution in [0.25, 0.3) is 23.0 Å². The summed E-state index contributed by atoms with van der Waals surface area (Å²) in [4.78, 5) is 8.03. The van der Waals surface area contributed by atoms with Crippen molar-refractivity contribution in [2.45, 2.75) is 0 Å². The van der Waals surface area contributed by atoms with Crippen molar-refractivity contribution in [3.8, 4) is 28.7 Å². The Morgan fingerprint density at radius 1 is 1.20 bits per heavy atom. The zero-order valence-electron chi connectivity index (χ0n) is 9.92. The van der Waals surface area contributed by atoms with Gasteiger partial charge in [-0.2, -0.15) is 4.98 Å². The van der Waals surface area contributed by atoms with Crippen molar-refractivity contribution >= 4 is 22.6 Å². The minimum absolute atomic E-state index is 0.0488. The van der Waals surface area contributed by atoms with Gasteiger partial charge in [-0.15, -0.1) is 0 Å². The Bertz CT molecular complexity index is 759. The molecular weight excluding hydrogens is 376 g/mol. The maximum Gasteiger partial charge on any atom is 0.262 e. The Balaban J connectivity index is 2.01. The molecule has 0 aliphatic heterocycles. The number of benzene rings is 1. The fourth-order valence-corrected chi connectivity index (χ4v) is 2.12. The first-order valence-electron chi connectivity index (χ1n) is 5.58. The van der Waals surface area contributed by atoms with Crippen LogP contribution in [-0.2, 0) is 0 Å². The number of hydrogen-bond donors (Lipinski definition) is 1. The molecule has 1 aromatic carbocycles. The molecule has 100 valence electrons. The summed E-state index contributed by atoms with van der Waals surface area (Å²) < 4.78 is 18.8. The highest BCUT2D eigenvalue weighted by Gasteiger charge is 2.15. The first-order chi connectivity index (χ1) is 9.63. The third-order valence-electron chi connectivity index (χ3n) is 2.57. The van der Waals surface area contributed by atoms with E-state index < -0.39 is 5.82 Å². The Morgan fingerprint density at radius 3 is 2.80 bits per heavy atom. The van der Waals surface area contributed by atoms with E-state index in [4.69, 9.17) is 4.52 Å². The van der Waals surface area contributed by atoms with Crippen LogP contribution in [0.5, 0.6) is 5.75 Å². The molecule has 0 bridgehead atoms. The van der Waals surface area contributed by atoms with E-state index in [1.807, 2.05) is 0 Å². The van der Waals surface area contributed by atoms with Crippen LogP contribution in [-0.4, -0.2) is 20.2 Å². The lowest BCUT2D eigenvalue weighted by molar-refractivity contribution is 0.425. The van der Waals surface area contributed by atoms with Gasteiger partial charge in [0.25, 0.3) is 5.89 Å². The molecule has 5 nitrogen and oxygen atoms in total. The number of pyridine rings is 1. The number of hydrogen-bond acceptors (Lipinski definition) is 5. The highest BCUT2D eigenvalue weighted by molar-refractivity contribution is 14.1. The van der Waals surface area contributed by atoms with Crippen molar-refractivity contribution in [2.24, 2.45) is 0 Å². The standard InChI is InChI=1S/C13H7FIN3O2/c14-7-1-3-10(16-6-7)12-17-13(20-18-12)9-5-8(15)2-4-11(9)19/h1-6,19H. The number of aromatic nitrogens is 3. The van der Waals surface area contributed by atoms with Gasteiger partial charge in [-0.25, -0.2) is 9.37 Å². The van der Waals surface area contributed by atoms with Crippen molar-refractivity contribution in [1.29, 1.82) is 0 Å². The van der Waals surface area contributed by atoms with Gasteiger partial charge in [-0.05, 0) is 52.9 Å². The van der Waals surface area contributed by atoms with Crippen molar-refractivity contribution in [1.82, 2.24) is 15.1 Å². The summed E-state index contributed by atoms with van der Waals surface area (Å²) in [5.74, 6) is 0.0285. The largest absolute Gasteiger partial charge is 0.507 e.